The van der Waals surface area contributed by atoms with Gasteiger partial charge < -0.3 is 30.8 Å². The third-order valence-corrected chi connectivity index (χ3v) is 12.9. The molecule has 1 fully saturated rings. The van der Waals surface area contributed by atoms with Crippen LogP contribution < -0.4 is 21.3 Å². The van der Waals surface area contributed by atoms with E-state index in [1.807, 2.05) is 97.9 Å². The van der Waals surface area contributed by atoms with Crippen LogP contribution in [0.2, 0.25) is 0 Å². The van der Waals surface area contributed by atoms with E-state index in [4.69, 9.17) is 9.57 Å². The first-order chi connectivity index (χ1) is 36.1. The van der Waals surface area contributed by atoms with Gasteiger partial charge in [-0.05, 0) is 157 Å². The number of rotatable bonds is 25. The number of piperidine rings is 1. The monoisotopic (exact) mass is 1060 g/mol. The summed E-state index contributed by atoms with van der Waals surface area (Å²) >= 11 is 3.32. The third kappa shape index (κ3) is 17.3. The summed E-state index contributed by atoms with van der Waals surface area (Å²) in [6.07, 6.45) is 13.8. The summed E-state index contributed by atoms with van der Waals surface area (Å²) in [4.78, 5) is 64.2. The lowest BCUT2D eigenvalue weighted by Gasteiger charge is -2.31. The molecule has 4 heterocycles. The molecule has 0 spiro atoms. The number of aromatic nitrogens is 4. The van der Waals surface area contributed by atoms with Gasteiger partial charge >= 0.3 is 0 Å². The molecule has 0 unspecified atom stereocenters. The quantitative estimate of drug-likeness (QED) is 0.0105. The van der Waals surface area contributed by atoms with Crippen molar-refractivity contribution in [1.82, 2.24) is 35.5 Å². The number of ether oxygens (including phenoxy) is 1. The van der Waals surface area contributed by atoms with E-state index in [0.717, 1.165) is 90.9 Å². The van der Waals surface area contributed by atoms with E-state index in [1.54, 1.807) is 43.0 Å². The predicted molar refractivity (Wildman–Crippen MR) is 291 cm³/mol. The van der Waals surface area contributed by atoms with Crippen molar-refractivity contribution in [2.24, 2.45) is 11.1 Å². The first kappa shape index (κ1) is 54.1. The predicted octanol–water partition coefficient (Wildman–Crippen LogP) is 9.94. The van der Waals surface area contributed by atoms with Crippen LogP contribution in [-0.2, 0) is 32.1 Å². The molecule has 4 N–H and O–H groups in total. The number of halogens is 1. The highest BCUT2D eigenvalue weighted by Crippen LogP contribution is 2.26. The minimum atomic E-state index is -0.436. The number of oxime groups is 1. The van der Waals surface area contributed by atoms with Crippen LogP contribution in [0.3, 0.4) is 0 Å². The van der Waals surface area contributed by atoms with Gasteiger partial charge in [0.2, 0.25) is 11.9 Å². The normalized spacial score (nSPS) is 13.5. The Kier molecular flexibility index (Phi) is 20.9. The van der Waals surface area contributed by atoms with Crippen molar-refractivity contribution in [3.8, 4) is 17.3 Å². The molecular weight excluding hydrogens is 999 g/mol. The van der Waals surface area contributed by atoms with Gasteiger partial charge in [0.1, 0.15) is 22.9 Å². The van der Waals surface area contributed by atoms with Gasteiger partial charge in [0.15, 0.2) is 0 Å². The van der Waals surface area contributed by atoms with Crippen molar-refractivity contribution in [2.75, 3.05) is 50.1 Å². The van der Waals surface area contributed by atoms with E-state index in [1.165, 1.54) is 6.08 Å². The molecule has 0 bridgehead atoms. The lowest BCUT2D eigenvalue weighted by atomic mass is 9.93. The number of pyridine rings is 2. The first-order valence-electron chi connectivity index (χ1n) is 25.0. The van der Waals surface area contributed by atoms with E-state index >= 15 is 0 Å². The number of hydrogen-bond acceptors (Lipinski definition) is 13. The van der Waals surface area contributed by atoms with Crippen LogP contribution >= 0.6 is 15.9 Å². The zero-order valence-electron chi connectivity index (χ0n) is 41.8. The number of amides is 3. The smallest absolute Gasteiger partial charge is 0.262 e. The number of hydrogen-bond donors (Lipinski definition) is 4. The van der Waals surface area contributed by atoms with Crippen molar-refractivity contribution in [2.45, 2.75) is 71.4 Å². The van der Waals surface area contributed by atoms with Crippen LogP contribution in [0.4, 0.5) is 17.3 Å². The SMILES string of the molecule is CCC[C@H](NC(=O)/C(C#N)=C/c1cccc(Br)n1)c1ccc(CC/C=N/OCCOCCNC(=O)CC2CCN(Cc3ccc(C(=O)Nc4ccc(C)c(Nc5nccc(-c6cccnc6)n5)c4)cc3)CC2)cc1. The van der Waals surface area contributed by atoms with Crippen LogP contribution in [0, 0.1) is 24.2 Å². The van der Waals surface area contributed by atoms with Gasteiger partial charge in [0.25, 0.3) is 11.8 Å². The standard InChI is InChI=1S/C57H62BrN11O5/c1-3-7-50(66-56(72)47(37-59)35-48-10-4-11-53(58)64-48)44-17-13-41(14-18-44)8-5-26-63-74-33-32-73-31-28-61-54(70)34-42-23-29-69(30-24-42)39-43-15-19-45(20-16-43)55(71)65-49-21-12-40(2)52(36-49)68-57-62-27-22-51(67-57)46-9-6-25-60-38-46/h4,6,9-22,25-27,35-36,38,42,50H,3,5,7-8,23-24,28-34,39H2,1-2H3,(H,61,70)(H,65,71)(H,66,72)(H,62,67,68)/b47-35+,63-26+/t50-/m0/s1. The van der Waals surface area contributed by atoms with E-state index in [2.05, 4.69) is 74.1 Å². The zero-order chi connectivity index (χ0) is 51.9. The number of nitrogens with one attached hydrogen (secondary N) is 4. The van der Waals surface area contributed by atoms with Crippen molar-refractivity contribution < 1.29 is 24.0 Å². The van der Waals surface area contributed by atoms with Crippen LogP contribution in [0.5, 0.6) is 0 Å². The van der Waals surface area contributed by atoms with Gasteiger partial charge in [-0.15, -0.1) is 0 Å². The maximum absolute atomic E-state index is 13.3. The second-order valence-electron chi connectivity index (χ2n) is 18.0. The van der Waals surface area contributed by atoms with Gasteiger partial charge in [-0.2, -0.15) is 5.26 Å². The average Bonchev–Trinajstić information content (AvgIpc) is 3.41. The van der Waals surface area contributed by atoms with Crippen molar-refractivity contribution in [1.29, 1.82) is 5.26 Å². The molecule has 7 rings (SSSR count). The number of anilines is 3. The molecule has 1 aliphatic heterocycles. The molecule has 1 aliphatic rings. The van der Waals surface area contributed by atoms with Crippen LogP contribution in [0.15, 0.2) is 137 Å². The minimum absolute atomic E-state index is 0.00454. The van der Waals surface area contributed by atoms with E-state index in [-0.39, 0.29) is 23.4 Å². The fraction of sp³-hybridized carbons (Fsp3) is 0.316. The van der Waals surface area contributed by atoms with E-state index < -0.39 is 5.91 Å². The number of aryl methyl sites for hydroxylation is 2. The molecule has 1 atom stereocenters. The number of carbonyl (C=O) groups excluding carboxylic acids is 3. The Balaban J connectivity index is 0.717. The minimum Gasteiger partial charge on any atom is -0.394 e. The fourth-order valence-electron chi connectivity index (χ4n) is 8.37. The van der Waals surface area contributed by atoms with Crippen LogP contribution in [0.25, 0.3) is 17.3 Å². The molecule has 74 heavy (non-hydrogen) atoms. The zero-order valence-corrected chi connectivity index (χ0v) is 43.4. The molecule has 0 saturated carbocycles. The molecule has 3 amide bonds. The molecular formula is C57H62BrN11O5. The lowest BCUT2D eigenvalue weighted by molar-refractivity contribution is -0.122. The van der Waals surface area contributed by atoms with Crippen molar-refractivity contribution in [3.05, 3.63) is 165 Å². The van der Waals surface area contributed by atoms with Gasteiger partial charge in [0.05, 0.1) is 30.6 Å². The van der Waals surface area contributed by atoms with E-state index in [0.29, 0.717) is 72.6 Å². The molecule has 0 radical (unpaired) electrons. The molecule has 3 aromatic carbocycles. The lowest BCUT2D eigenvalue weighted by Crippen LogP contribution is -2.36. The highest BCUT2D eigenvalue weighted by Gasteiger charge is 2.22. The highest BCUT2D eigenvalue weighted by atomic mass is 79.9. The fourth-order valence-corrected chi connectivity index (χ4v) is 8.73. The van der Waals surface area contributed by atoms with Crippen molar-refractivity contribution >= 4 is 63.3 Å². The Morgan fingerprint density at radius 1 is 0.932 bits per heavy atom. The maximum atomic E-state index is 13.3. The van der Waals surface area contributed by atoms with Gasteiger partial charge in [-0.25, -0.2) is 15.0 Å². The molecule has 382 valence electrons. The molecule has 17 heteroatoms. The highest BCUT2D eigenvalue weighted by molar-refractivity contribution is 9.10. The summed E-state index contributed by atoms with van der Waals surface area (Å²) in [5, 5.41) is 26.0. The largest absolute Gasteiger partial charge is 0.394 e. The number of likely N-dealkylation sites (tertiary alicyclic amines) is 1. The summed E-state index contributed by atoms with van der Waals surface area (Å²) < 4.78 is 6.25. The summed E-state index contributed by atoms with van der Waals surface area (Å²) in [5.74, 6) is 0.180. The molecule has 3 aromatic heterocycles. The van der Waals surface area contributed by atoms with Crippen LogP contribution in [0.1, 0.15) is 89.8 Å². The second-order valence-corrected chi connectivity index (χ2v) is 18.8. The summed E-state index contributed by atoms with van der Waals surface area (Å²) in [6, 6.07) is 34.3. The van der Waals surface area contributed by atoms with Gasteiger partial charge in [0, 0.05) is 66.8 Å². The topological polar surface area (TPSA) is 209 Å². The first-order valence-corrected chi connectivity index (χ1v) is 25.8. The van der Waals surface area contributed by atoms with Crippen molar-refractivity contribution in [3.63, 3.8) is 0 Å². The number of benzene rings is 3. The third-order valence-electron chi connectivity index (χ3n) is 12.4. The number of nitriles is 1. The molecule has 1 saturated heterocycles. The Labute approximate surface area is 441 Å². The molecule has 0 aliphatic carbocycles. The van der Waals surface area contributed by atoms with Gasteiger partial charge in [-0.3, -0.25) is 24.3 Å². The molecule has 16 nitrogen and oxygen atoms in total. The number of carbonyl (C=O) groups is 3. The second kappa shape index (κ2) is 28.6. The maximum Gasteiger partial charge on any atom is 0.262 e. The Hall–Kier alpha value is -7.65. The Bertz CT molecular complexity index is 2890. The number of nitrogens with zero attached hydrogens (tertiary/aromatic N) is 7. The average molecular weight is 1060 g/mol. The summed E-state index contributed by atoms with van der Waals surface area (Å²) in [6.45, 7) is 8.11. The summed E-state index contributed by atoms with van der Waals surface area (Å²) in [7, 11) is 0. The summed E-state index contributed by atoms with van der Waals surface area (Å²) in [5.41, 5.74) is 8.38. The Morgan fingerprint density at radius 3 is 2.50 bits per heavy atom. The molecule has 6 aromatic rings. The van der Waals surface area contributed by atoms with Crippen LogP contribution in [-0.4, -0.2) is 88.2 Å². The van der Waals surface area contributed by atoms with Gasteiger partial charge in [-0.1, -0.05) is 67.0 Å². The van der Waals surface area contributed by atoms with E-state index in [9.17, 15) is 19.6 Å². The Morgan fingerprint density at radius 2 is 1.74 bits per heavy atom.